The van der Waals surface area contributed by atoms with Crippen LogP contribution in [0.2, 0.25) is 0 Å². The van der Waals surface area contributed by atoms with Crippen LogP contribution in [0.25, 0.3) is 0 Å². The summed E-state index contributed by atoms with van der Waals surface area (Å²) in [5, 5.41) is 16.0. The molecule has 1 aliphatic rings. The van der Waals surface area contributed by atoms with Gasteiger partial charge in [0.25, 0.3) is 17.7 Å². The number of carbonyl (C=O) groups excluding carboxylic acids is 3. The van der Waals surface area contributed by atoms with Gasteiger partial charge in [-0.25, -0.2) is 8.78 Å². The number of rotatable bonds is 13. The first-order valence-corrected chi connectivity index (χ1v) is 15.1. The molecule has 0 radical (unpaired) electrons. The maximum absolute atomic E-state index is 14.1. The third-order valence-corrected chi connectivity index (χ3v) is 7.73. The van der Waals surface area contributed by atoms with Crippen LogP contribution in [0.15, 0.2) is 66.7 Å². The van der Waals surface area contributed by atoms with E-state index in [4.69, 9.17) is 0 Å². The summed E-state index contributed by atoms with van der Waals surface area (Å²) in [6.45, 7) is 7.62. The predicted octanol–water partition coefficient (Wildman–Crippen LogP) is 3.17. The van der Waals surface area contributed by atoms with Gasteiger partial charge in [-0.05, 0) is 73.2 Å². The Hall–Kier alpha value is -4.15. The molecule has 1 heterocycles. The van der Waals surface area contributed by atoms with Gasteiger partial charge in [-0.2, -0.15) is 0 Å². The smallest absolute Gasteiger partial charge is 0.288 e. The van der Waals surface area contributed by atoms with Crippen molar-refractivity contribution in [1.29, 1.82) is 0 Å². The number of aliphatic hydroxyl groups excluding tert-OH is 1. The van der Waals surface area contributed by atoms with E-state index in [0.29, 0.717) is 37.4 Å². The SMILES string of the molecule is CCCN(CCC)C(=O)c1cc(C)cc(C(=O)N[C@@H](Cc2cc(F)cc(F)c2)[C@H](O)[C@@H]2[NH2+]CN(Cc3ccccc3)C2=O)c1. The Morgan fingerprint density at radius 2 is 1.61 bits per heavy atom. The molecule has 0 unspecified atom stereocenters. The monoisotopic (exact) mass is 607 g/mol. The lowest BCUT2D eigenvalue weighted by molar-refractivity contribution is -0.679. The van der Waals surface area contributed by atoms with E-state index in [1.807, 2.05) is 44.2 Å². The number of hydrogen-bond donors (Lipinski definition) is 3. The molecule has 4 N–H and O–H groups in total. The van der Waals surface area contributed by atoms with Gasteiger partial charge in [-0.1, -0.05) is 44.2 Å². The Balaban J connectivity index is 1.58. The average molecular weight is 608 g/mol. The fourth-order valence-electron chi connectivity index (χ4n) is 5.69. The molecule has 3 aromatic rings. The molecule has 0 saturated carbocycles. The Bertz CT molecular complexity index is 1440. The van der Waals surface area contributed by atoms with Crippen LogP contribution in [0.4, 0.5) is 8.78 Å². The fourth-order valence-corrected chi connectivity index (χ4v) is 5.69. The summed E-state index contributed by atoms with van der Waals surface area (Å²) >= 11 is 0. The minimum Gasteiger partial charge on any atom is -0.384 e. The number of aliphatic hydroxyl groups is 1. The Labute approximate surface area is 257 Å². The van der Waals surface area contributed by atoms with Crippen LogP contribution in [0, 0.1) is 18.6 Å². The van der Waals surface area contributed by atoms with Crippen molar-refractivity contribution in [3.05, 3.63) is 106 Å². The van der Waals surface area contributed by atoms with Crippen LogP contribution in [-0.2, 0) is 17.8 Å². The van der Waals surface area contributed by atoms with Crippen molar-refractivity contribution in [2.45, 2.75) is 64.8 Å². The molecule has 0 bridgehead atoms. The second-order valence-corrected chi connectivity index (χ2v) is 11.4. The van der Waals surface area contributed by atoms with Gasteiger partial charge < -0.3 is 20.6 Å². The molecule has 10 heteroatoms. The first-order chi connectivity index (χ1) is 21.1. The highest BCUT2D eigenvalue weighted by molar-refractivity contribution is 6.00. The number of benzene rings is 3. The van der Waals surface area contributed by atoms with Crippen LogP contribution in [0.3, 0.4) is 0 Å². The summed E-state index contributed by atoms with van der Waals surface area (Å²) in [6, 6.07) is 15.3. The van der Waals surface area contributed by atoms with E-state index in [0.717, 1.165) is 36.6 Å². The van der Waals surface area contributed by atoms with Crippen LogP contribution < -0.4 is 10.6 Å². The van der Waals surface area contributed by atoms with E-state index < -0.39 is 35.7 Å². The molecule has 234 valence electrons. The lowest BCUT2D eigenvalue weighted by Gasteiger charge is -2.26. The summed E-state index contributed by atoms with van der Waals surface area (Å²) in [7, 11) is 0. The molecule has 3 atom stereocenters. The zero-order chi connectivity index (χ0) is 31.8. The zero-order valence-corrected chi connectivity index (χ0v) is 25.4. The first kappa shape index (κ1) is 32.8. The molecule has 8 nitrogen and oxygen atoms in total. The van der Waals surface area contributed by atoms with Gasteiger partial charge in [0.05, 0.1) is 12.6 Å². The number of nitrogens with zero attached hydrogens (tertiary/aromatic N) is 2. The highest BCUT2D eigenvalue weighted by atomic mass is 19.1. The van der Waals surface area contributed by atoms with E-state index in [1.54, 1.807) is 34.2 Å². The van der Waals surface area contributed by atoms with E-state index in [-0.39, 0.29) is 29.4 Å². The quantitative estimate of drug-likeness (QED) is 0.278. The number of amides is 3. The summed E-state index contributed by atoms with van der Waals surface area (Å²) in [6.07, 6.45) is 0.0837. The van der Waals surface area contributed by atoms with Gasteiger partial charge in [0.15, 0.2) is 12.7 Å². The highest BCUT2D eigenvalue weighted by Gasteiger charge is 2.44. The third kappa shape index (κ3) is 8.27. The molecule has 1 aliphatic heterocycles. The highest BCUT2D eigenvalue weighted by Crippen LogP contribution is 2.18. The van der Waals surface area contributed by atoms with Crippen LogP contribution in [-0.4, -0.2) is 70.6 Å². The molecular formula is C34H41F2N4O4+. The van der Waals surface area contributed by atoms with Gasteiger partial charge in [-0.15, -0.1) is 0 Å². The molecule has 4 rings (SSSR count). The molecule has 0 aromatic heterocycles. The molecule has 1 saturated heterocycles. The normalized spacial score (nSPS) is 16.1. The first-order valence-electron chi connectivity index (χ1n) is 15.1. The maximum atomic E-state index is 14.1. The van der Waals surface area contributed by atoms with Crippen molar-refractivity contribution in [3.8, 4) is 0 Å². The Morgan fingerprint density at radius 3 is 2.25 bits per heavy atom. The van der Waals surface area contributed by atoms with Gasteiger partial charge in [0.1, 0.15) is 17.7 Å². The second kappa shape index (κ2) is 15.0. The number of halogens is 2. The van der Waals surface area contributed by atoms with Gasteiger partial charge >= 0.3 is 0 Å². The zero-order valence-electron chi connectivity index (χ0n) is 25.4. The third-order valence-electron chi connectivity index (χ3n) is 7.73. The molecular weight excluding hydrogens is 566 g/mol. The lowest BCUT2D eigenvalue weighted by Crippen LogP contribution is -2.91. The van der Waals surface area contributed by atoms with E-state index >= 15 is 0 Å². The van der Waals surface area contributed by atoms with Crippen molar-refractivity contribution >= 4 is 17.7 Å². The minimum absolute atomic E-state index is 0.129. The number of carbonyl (C=O) groups is 3. The Morgan fingerprint density at radius 1 is 0.977 bits per heavy atom. The number of hydrogen-bond acceptors (Lipinski definition) is 4. The van der Waals surface area contributed by atoms with Crippen molar-refractivity contribution in [3.63, 3.8) is 0 Å². The lowest BCUT2D eigenvalue weighted by atomic mass is 9.95. The number of aryl methyl sites for hydroxylation is 1. The number of nitrogens with two attached hydrogens (primary N) is 1. The predicted molar refractivity (Wildman–Crippen MR) is 163 cm³/mol. The van der Waals surface area contributed by atoms with Gasteiger partial charge in [-0.3, -0.25) is 19.3 Å². The van der Waals surface area contributed by atoms with E-state index in [2.05, 4.69) is 5.32 Å². The van der Waals surface area contributed by atoms with Crippen molar-refractivity contribution in [2.75, 3.05) is 19.8 Å². The number of nitrogens with one attached hydrogen (secondary N) is 1. The van der Waals surface area contributed by atoms with Crippen LogP contribution in [0.1, 0.15) is 64.1 Å². The number of quaternary nitrogens is 1. The molecule has 0 spiro atoms. The maximum Gasteiger partial charge on any atom is 0.288 e. The van der Waals surface area contributed by atoms with Gasteiger partial charge in [0, 0.05) is 30.3 Å². The molecule has 0 aliphatic carbocycles. The van der Waals surface area contributed by atoms with Crippen LogP contribution in [0.5, 0.6) is 0 Å². The summed E-state index contributed by atoms with van der Waals surface area (Å²) < 4.78 is 28.1. The average Bonchev–Trinajstić information content (AvgIpc) is 3.34. The van der Waals surface area contributed by atoms with Crippen LogP contribution >= 0.6 is 0 Å². The molecule has 3 aromatic carbocycles. The van der Waals surface area contributed by atoms with Gasteiger partial charge in [0.2, 0.25) is 0 Å². The summed E-state index contributed by atoms with van der Waals surface area (Å²) in [4.78, 5) is 43.7. The van der Waals surface area contributed by atoms with Crippen molar-refractivity contribution in [1.82, 2.24) is 15.1 Å². The standard InChI is InChI=1S/C34H40F2N4O4/c1-4-11-39(12-5-2)33(43)26-14-22(3)13-25(18-26)32(42)38-29(17-24-15-27(35)19-28(36)16-24)31(41)30-34(44)40(21-37-30)20-23-9-7-6-8-10-23/h6-10,13-16,18-19,29-31,37,41H,4-5,11-12,17,20-21H2,1-3H3,(H,38,42)/p+1/t29-,30-,31-/m0/s1. The van der Waals surface area contributed by atoms with E-state index in [9.17, 15) is 28.3 Å². The Kier molecular flexibility index (Phi) is 11.2. The second-order valence-electron chi connectivity index (χ2n) is 11.4. The van der Waals surface area contributed by atoms with E-state index in [1.165, 1.54) is 6.07 Å². The minimum atomic E-state index is -1.38. The largest absolute Gasteiger partial charge is 0.384 e. The fraction of sp³-hybridized carbons (Fsp3) is 0.382. The molecule has 44 heavy (non-hydrogen) atoms. The molecule has 1 fully saturated rings. The topological polar surface area (TPSA) is 107 Å². The van der Waals surface area contributed by atoms with Crippen molar-refractivity contribution in [2.24, 2.45) is 0 Å². The molecule has 3 amide bonds. The summed E-state index contributed by atoms with van der Waals surface area (Å²) in [5.41, 5.74) is 2.43. The van der Waals surface area contributed by atoms with Crippen molar-refractivity contribution < 1.29 is 33.6 Å². The summed E-state index contributed by atoms with van der Waals surface area (Å²) in [5.74, 6) is -2.64.